The Balaban J connectivity index is 2.59. The van der Waals surface area contributed by atoms with Gasteiger partial charge >= 0.3 is 11.9 Å². The normalized spacial score (nSPS) is 12.2. The second-order valence-electron chi connectivity index (χ2n) is 4.64. The molecule has 0 spiro atoms. The molecule has 7 nitrogen and oxygen atoms in total. The molecular weight excluding hydrogens is 276 g/mol. The Kier molecular flexibility index (Phi) is 4.02. The average molecular weight is 290 g/mol. The zero-order valence-electron chi connectivity index (χ0n) is 11.3. The van der Waals surface area contributed by atoms with Gasteiger partial charge in [0.15, 0.2) is 0 Å². The first-order valence-electron chi connectivity index (χ1n) is 6.34. The van der Waals surface area contributed by atoms with Gasteiger partial charge in [0.1, 0.15) is 11.9 Å². The van der Waals surface area contributed by atoms with Crippen LogP contribution in [0.25, 0.3) is 10.9 Å². The number of para-hydroxylation sites is 1. The first-order valence-corrected chi connectivity index (χ1v) is 6.34. The Bertz CT molecular complexity index is 766. The van der Waals surface area contributed by atoms with Crippen LogP contribution in [0.5, 0.6) is 0 Å². The third-order valence-electron chi connectivity index (χ3n) is 3.21. The van der Waals surface area contributed by atoms with E-state index in [-0.39, 0.29) is 18.7 Å². The molecule has 0 aliphatic heterocycles. The van der Waals surface area contributed by atoms with Crippen molar-refractivity contribution in [2.24, 2.45) is 0 Å². The van der Waals surface area contributed by atoms with Crippen LogP contribution in [0.15, 0.2) is 29.1 Å². The van der Waals surface area contributed by atoms with E-state index in [4.69, 9.17) is 5.11 Å². The summed E-state index contributed by atoms with van der Waals surface area (Å²) in [6, 6.07) is 5.39. The summed E-state index contributed by atoms with van der Waals surface area (Å²) in [6.07, 6.45) is -0.513. The van der Waals surface area contributed by atoms with E-state index in [1.807, 2.05) is 0 Å². The monoisotopic (exact) mass is 290 g/mol. The van der Waals surface area contributed by atoms with E-state index >= 15 is 0 Å². The Hall–Kier alpha value is -2.70. The minimum Gasteiger partial charge on any atom is -0.481 e. The number of fused-ring (bicyclic) bond motifs is 1. The van der Waals surface area contributed by atoms with E-state index < -0.39 is 23.5 Å². The predicted octanol–water partition coefficient (Wildman–Crippen LogP) is 1.20. The van der Waals surface area contributed by atoms with Crippen LogP contribution in [0.3, 0.4) is 0 Å². The van der Waals surface area contributed by atoms with Gasteiger partial charge in [-0.1, -0.05) is 12.1 Å². The first-order chi connectivity index (χ1) is 9.91. The van der Waals surface area contributed by atoms with Crippen LogP contribution in [0.1, 0.15) is 24.7 Å². The number of aromatic nitrogens is 2. The summed E-state index contributed by atoms with van der Waals surface area (Å²) in [4.78, 5) is 38.7. The van der Waals surface area contributed by atoms with Gasteiger partial charge in [-0.3, -0.25) is 14.2 Å². The van der Waals surface area contributed by atoms with E-state index in [1.165, 1.54) is 6.92 Å². The summed E-state index contributed by atoms with van der Waals surface area (Å²) >= 11 is 0. The molecule has 0 radical (unpaired) electrons. The largest absolute Gasteiger partial charge is 0.481 e. The summed E-state index contributed by atoms with van der Waals surface area (Å²) in [5.41, 5.74) is 0.00881. The zero-order valence-corrected chi connectivity index (χ0v) is 11.3. The predicted molar refractivity (Wildman–Crippen MR) is 74.3 cm³/mol. The lowest BCUT2D eigenvalue weighted by molar-refractivity contribution is -0.142. The van der Waals surface area contributed by atoms with Gasteiger partial charge in [-0.15, -0.1) is 0 Å². The molecule has 1 aromatic carbocycles. The minimum atomic E-state index is -1.25. The maximum atomic E-state index is 12.5. The van der Waals surface area contributed by atoms with Gasteiger partial charge in [-0.2, -0.15) is 0 Å². The zero-order chi connectivity index (χ0) is 15.6. The summed E-state index contributed by atoms with van der Waals surface area (Å²) in [6.45, 7) is 1.53. The summed E-state index contributed by atoms with van der Waals surface area (Å²) in [5.74, 6) is -2.12. The smallest absolute Gasteiger partial charge is 0.326 e. The highest BCUT2D eigenvalue weighted by Crippen LogP contribution is 2.16. The van der Waals surface area contributed by atoms with Crippen LogP contribution in [0.2, 0.25) is 0 Å². The molecule has 1 heterocycles. The molecule has 0 saturated carbocycles. The molecule has 1 atom stereocenters. The first kappa shape index (κ1) is 14.7. The lowest BCUT2D eigenvalue weighted by atomic mass is 10.1. The van der Waals surface area contributed by atoms with Gasteiger partial charge in [0.05, 0.1) is 10.9 Å². The maximum absolute atomic E-state index is 12.5. The highest BCUT2D eigenvalue weighted by Gasteiger charge is 2.24. The third-order valence-corrected chi connectivity index (χ3v) is 3.21. The highest BCUT2D eigenvalue weighted by molar-refractivity contribution is 5.79. The number of aliphatic carboxylic acids is 2. The summed E-state index contributed by atoms with van der Waals surface area (Å²) in [5, 5.41) is 18.3. The highest BCUT2D eigenvalue weighted by atomic mass is 16.4. The van der Waals surface area contributed by atoms with Gasteiger partial charge in [0, 0.05) is 6.42 Å². The Morgan fingerprint density at radius 3 is 2.57 bits per heavy atom. The van der Waals surface area contributed by atoms with E-state index in [0.29, 0.717) is 10.9 Å². The van der Waals surface area contributed by atoms with Crippen molar-refractivity contribution < 1.29 is 19.8 Å². The van der Waals surface area contributed by atoms with Crippen molar-refractivity contribution in [3.05, 3.63) is 40.4 Å². The molecule has 0 bridgehead atoms. The second kappa shape index (κ2) is 5.74. The molecule has 110 valence electrons. The topological polar surface area (TPSA) is 109 Å². The number of benzene rings is 1. The number of carbonyl (C=O) groups is 2. The molecule has 0 fully saturated rings. The summed E-state index contributed by atoms with van der Waals surface area (Å²) in [7, 11) is 0. The molecule has 2 N–H and O–H groups in total. The van der Waals surface area contributed by atoms with Crippen LogP contribution < -0.4 is 5.56 Å². The van der Waals surface area contributed by atoms with E-state index in [9.17, 15) is 19.5 Å². The fraction of sp³-hybridized carbons (Fsp3) is 0.286. The molecule has 0 aliphatic rings. The van der Waals surface area contributed by atoms with Crippen molar-refractivity contribution in [3.8, 4) is 0 Å². The van der Waals surface area contributed by atoms with Crippen LogP contribution in [-0.2, 0) is 9.59 Å². The van der Waals surface area contributed by atoms with E-state index in [0.717, 1.165) is 4.57 Å². The van der Waals surface area contributed by atoms with Crippen LogP contribution >= 0.6 is 0 Å². The number of rotatable bonds is 5. The van der Waals surface area contributed by atoms with Crippen LogP contribution in [-0.4, -0.2) is 31.7 Å². The average Bonchev–Trinajstić information content (AvgIpc) is 2.41. The van der Waals surface area contributed by atoms with Crippen molar-refractivity contribution in [1.29, 1.82) is 0 Å². The molecule has 0 unspecified atom stereocenters. The molecular formula is C14H14N2O5. The quantitative estimate of drug-likeness (QED) is 0.856. The molecule has 0 saturated heterocycles. The molecule has 0 amide bonds. The molecule has 1 aromatic heterocycles. The fourth-order valence-electron chi connectivity index (χ4n) is 2.25. The molecule has 21 heavy (non-hydrogen) atoms. The van der Waals surface area contributed by atoms with Crippen LogP contribution in [0.4, 0.5) is 0 Å². The number of aryl methyl sites for hydroxylation is 1. The van der Waals surface area contributed by atoms with Crippen molar-refractivity contribution in [2.75, 3.05) is 0 Å². The van der Waals surface area contributed by atoms with E-state index in [1.54, 1.807) is 24.3 Å². The van der Waals surface area contributed by atoms with Gasteiger partial charge in [0.2, 0.25) is 0 Å². The molecule has 7 heteroatoms. The minimum absolute atomic E-state index is 0.175. The Labute approximate surface area is 119 Å². The lowest BCUT2D eigenvalue weighted by Gasteiger charge is -2.17. The van der Waals surface area contributed by atoms with Crippen molar-refractivity contribution in [2.45, 2.75) is 25.8 Å². The number of nitrogens with zero attached hydrogens (tertiary/aromatic N) is 2. The van der Waals surface area contributed by atoms with Gasteiger partial charge in [0.25, 0.3) is 5.56 Å². The van der Waals surface area contributed by atoms with E-state index in [2.05, 4.69) is 4.98 Å². The SMILES string of the molecule is Cc1nc2ccccc2c(=O)n1[C@@H](CCC(=O)O)C(=O)O. The molecule has 2 rings (SSSR count). The maximum Gasteiger partial charge on any atom is 0.326 e. The molecule has 2 aromatic rings. The Morgan fingerprint density at radius 2 is 1.95 bits per heavy atom. The van der Waals surface area contributed by atoms with Gasteiger partial charge < -0.3 is 10.2 Å². The number of carboxylic acids is 2. The third kappa shape index (κ3) is 2.91. The number of hydrogen-bond donors (Lipinski definition) is 2. The number of hydrogen-bond acceptors (Lipinski definition) is 4. The van der Waals surface area contributed by atoms with Crippen molar-refractivity contribution in [3.63, 3.8) is 0 Å². The Morgan fingerprint density at radius 1 is 1.29 bits per heavy atom. The summed E-state index contributed by atoms with van der Waals surface area (Å²) < 4.78 is 1.05. The van der Waals surface area contributed by atoms with Gasteiger partial charge in [-0.25, -0.2) is 9.78 Å². The molecule has 0 aliphatic carbocycles. The second-order valence-corrected chi connectivity index (χ2v) is 4.64. The standard InChI is InChI=1S/C14H14N2O5/c1-8-15-10-5-3-2-4-9(10)13(19)16(8)11(14(20)21)6-7-12(17)18/h2-5,11H,6-7H2,1H3,(H,17,18)(H,20,21)/t11-/m0/s1. The van der Waals surface area contributed by atoms with Crippen LogP contribution in [0, 0.1) is 6.92 Å². The van der Waals surface area contributed by atoms with Crippen molar-refractivity contribution >= 4 is 22.8 Å². The van der Waals surface area contributed by atoms with Crippen molar-refractivity contribution in [1.82, 2.24) is 9.55 Å². The lowest BCUT2D eigenvalue weighted by Crippen LogP contribution is -2.33. The fourth-order valence-corrected chi connectivity index (χ4v) is 2.25. The van der Waals surface area contributed by atoms with Gasteiger partial charge in [-0.05, 0) is 25.5 Å². The number of carboxylic acid groups (broad SMARTS) is 2.